The molecule has 0 aliphatic carbocycles. The molecule has 0 bridgehead atoms. The molecule has 2 heterocycles. The van der Waals surface area contributed by atoms with Gasteiger partial charge in [0.1, 0.15) is 18.5 Å². The molecule has 6 nitrogen and oxygen atoms in total. The summed E-state index contributed by atoms with van der Waals surface area (Å²) in [5, 5.41) is 0. The Balaban J connectivity index is 1.90. The van der Waals surface area contributed by atoms with Crippen LogP contribution in [0.3, 0.4) is 0 Å². The Morgan fingerprint density at radius 1 is 1.62 bits per heavy atom. The second-order valence-electron chi connectivity index (χ2n) is 3.55. The number of H-pyrrole nitrogens is 1. The summed E-state index contributed by atoms with van der Waals surface area (Å²) in [4.78, 5) is 17.7. The molecule has 1 fully saturated rings. The highest BCUT2D eigenvalue weighted by Gasteiger charge is 2.15. The van der Waals surface area contributed by atoms with E-state index in [9.17, 15) is 4.79 Å². The van der Waals surface area contributed by atoms with Crippen LogP contribution in [0, 0.1) is 6.92 Å². The van der Waals surface area contributed by atoms with Gasteiger partial charge in [0.05, 0.1) is 25.9 Å². The van der Waals surface area contributed by atoms with Crippen LogP contribution < -0.4 is 10.3 Å². The molecule has 0 aromatic carbocycles. The first-order valence-electron chi connectivity index (χ1n) is 5.14. The zero-order valence-electron chi connectivity index (χ0n) is 9.06. The first kappa shape index (κ1) is 11.1. The van der Waals surface area contributed by atoms with Crippen molar-refractivity contribution in [2.45, 2.75) is 13.0 Å². The molecule has 0 spiro atoms. The molecule has 1 unspecified atom stereocenters. The fraction of sp³-hybridized carbons (Fsp3) is 0.600. The lowest BCUT2D eigenvalue weighted by atomic mass is 10.4. The fourth-order valence-electron chi connectivity index (χ4n) is 1.44. The number of aryl methyl sites for hydroxylation is 1. The number of hydrogen-bond donors (Lipinski definition) is 1. The van der Waals surface area contributed by atoms with Crippen molar-refractivity contribution in [2.24, 2.45) is 0 Å². The minimum atomic E-state index is -0.219. The van der Waals surface area contributed by atoms with Crippen LogP contribution in [0.25, 0.3) is 0 Å². The maximum Gasteiger partial charge on any atom is 0.254 e. The summed E-state index contributed by atoms with van der Waals surface area (Å²) >= 11 is 0. The topological polar surface area (TPSA) is 73.4 Å². The Bertz CT molecular complexity index is 398. The number of rotatable bonds is 3. The minimum absolute atomic E-state index is 0.0878. The van der Waals surface area contributed by atoms with Gasteiger partial charge in [0.2, 0.25) is 5.88 Å². The molecule has 0 saturated carbocycles. The van der Waals surface area contributed by atoms with Gasteiger partial charge in [-0.05, 0) is 6.92 Å². The molecule has 1 aliphatic rings. The van der Waals surface area contributed by atoms with Gasteiger partial charge in [-0.1, -0.05) is 0 Å². The normalized spacial score (nSPS) is 20.7. The van der Waals surface area contributed by atoms with Crippen LogP contribution in [0.15, 0.2) is 10.9 Å². The van der Waals surface area contributed by atoms with Crippen LogP contribution in [0.5, 0.6) is 5.88 Å². The summed E-state index contributed by atoms with van der Waals surface area (Å²) in [5.74, 6) is 0.846. The van der Waals surface area contributed by atoms with Gasteiger partial charge in [0.25, 0.3) is 5.56 Å². The molecule has 0 radical (unpaired) electrons. The molecule has 0 amide bonds. The van der Waals surface area contributed by atoms with Crippen molar-refractivity contribution >= 4 is 0 Å². The van der Waals surface area contributed by atoms with E-state index in [0.29, 0.717) is 38.1 Å². The fourth-order valence-corrected chi connectivity index (χ4v) is 1.44. The molecular formula is C10H14N2O4. The lowest BCUT2D eigenvalue weighted by molar-refractivity contribution is -0.102. The van der Waals surface area contributed by atoms with E-state index >= 15 is 0 Å². The average molecular weight is 226 g/mol. The van der Waals surface area contributed by atoms with E-state index in [1.807, 2.05) is 0 Å². The van der Waals surface area contributed by atoms with Gasteiger partial charge in [0, 0.05) is 0 Å². The number of nitrogens with one attached hydrogen (secondary N) is 1. The van der Waals surface area contributed by atoms with Crippen LogP contribution in [0.1, 0.15) is 5.82 Å². The predicted octanol–water partition coefficient (Wildman–Crippen LogP) is -0.127. The van der Waals surface area contributed by atoms with Crippen molar-refractivity contribution in [3.05, 3.63) is 22.2 Å². The van der Waals surface area contributed by atoms with E-state index in [0.717, 1.165) is 0 Å². The van der Waals surface area contributed by atoms with E-state index < -0.39 is 0 Å². The highest BCUT2D eigenvalue weighted by atomic mass is 16.6. The van der Waals surface area contributed by atoms with Gasteiger partial charge in [0.15, 0.2) is 0 Å². The van der Waals surface area contributed by atoms with Crippen molar-refractivity contribution in [2.75, 3.05) is 26.4 Å². The maximum absolute atomic E-state index is 11.1. The third-order valence-corrected chi connectivity index (χ3v) is 2.14. The van der Waals surface area contributed by atoms with Crippen LogP contribution in [0.2, 0.25) is 0 Å². The molecule has 6 heteroatoms. The summed E-state index contributed by atoms with van der Waals surface area (Å²) in [6.07, 6.45) is -0.0878. The Kier molecular flexibility index (Phi) is 3.53. The van der Waals surface area contributed by atoms with Crippen LogP contribution in [-0.4, -0.2) is 42.5 Å². The first-order chi connectivity index (χ1) is 7.74. The molecule has 1 aromatic rings. The Morgan fingerprint density at radius 3 is 3.19 bits per heavy atom. The van der Waals surface area contributed by atoms with Gasteiger partial charge in [-0.25, -0.2) is 4.98 Å². The largest absolute Gasteiger partial charge is 0.475 e. The van der Waals surface area contributed by atoms with Gasteiger partial charge in [-0.3, -0.25) is 4.79 Å². The molecule has 1 aliphatic heterocycles. The van der Waals surface area contributed by atoms with E-state index in [2.05, 4.69) is 9.97 Å². The molecule has 1 atom stereocenters. The highest BCUT2D eigenvalue weighted by molar-refractivity contribution is 5.08. The van der Waals surface area contributed by atoms with Gasteiger partial charge in [-0.2, -0.15) is 0 Å². The SMILES string of the molecule is Cc1nc(OCC2COCCO2)cc(=O)[nH]1. The van der Waals surface area contributed by atoms with E-state index in [1.165, 1.54) is 6.07 Å². The van der Waals surface area contributed by atoms with Crippen LogP contribution in [-0.2, 0) is 9.47 Å². The first-order valence-corrected chi connectivity index (χ1v) is 5.14. The smallest absolute Gasteiger partial charge is 0.254 e. The Morgan fingerprint density at radius 2 is 2.50 bits per heavy atom. The lowest BCUT2D eigenvalue weighted by Gasteiger charge is -2.22. The quantitative estimate of drug-likeness (QED) is 0.777. The van der Waals surface area contributed by atoms with Crippen molar-refractivity contribution in [3.8, 4) is 5.88 Å². The van der Waals surface area contributed by atoms with Crippen molar-refractivity contribution < 1.29 is 14.2 Å². The number of aromatic amines is 1. The molecule has 1 N–H and O–H groups in total. The number of hydrogen-bond acceptors (Lipinski definition) is 5. The molecule has 1 aromatic heterocycles. The summed E-state index contributed by atoms with van der Waals surface area (Å²) in [7, 11) is 0. The molecule has 16 heavy (non-hydrogen) atoms. The summed E-state index contributed by atoms with van der Waals surface area (Å²) < 4.78 is 16.0. The number of ether oxygens (including phenoxy) is 3. The number of aromatic nitrogens is 2. The van der Waals surface area contributed by atoms with Crippen molar-refractivity contribution in [1.82, 2.24) is 9.97 Å². The molecule has 88 valence electrons. The summed E-state index contributed by atoms with van der Waals surface area (Å²) in [6.45, 7) is 3.77. The van der Waals surface area contributed by atoms with E-state index in [4.69, 9.17) is 14.2 Å². The summed E-state index contributed by atoms with van der Waals surface area (Å²) in [6, 6.07) is 1.32. The standard InChI is InChI=1S/C10H14N2O4/c1-7-11-9(13)4-10(12-7)16-6-8-5-14-2-3-15-8/h4,8H,2-3,5-6H2,1H3,(H,11,12,13). The highest BCUT2D eigenvalue weighted by Crippen LogP contribution is 2.06. The second-order valence-corrected chi connectivity index (χ2v) is 3.55. The van der Waals surface area contributed by atoms with Crippen molar-refractivity contribution in [1.29, 1.82) is 0 Å². The number of nitrogens with zero attached hydrogens (tertiary/aromatic N) is 1. The van der Waals surface area contributed by atoms with Gasteiger partial charge < -0.3 is 19.2 Å². The molecule has 1 saturated heterocycles. The van der Waals surface area contributed by atoms with Gasteiger partial charge >= 0.3 is 0 Å². The van der Waals surface area contributed by atoms with Crippen molar-refractivity contribution in [3.63, 3.8) is 0 Å². The zero-order valence-corrected chi connectivity index (χ0v) is 9.06. The zero-order chi connectivity index (χ0) is 11.4. The van der Waals surface area contributed by atoms with E-state index in [-0.39, 0.29) is 11.7 Å². The van der Waals surface area contributed by atoms with Gasteiger partial charge in [-0.15, -0.1) is 0 Å². The second kappa shape index (κ2) is 5.09. The predicted molar refractivity (Wildman–Crippen MR) is 55.6 cm³/mol. The van der Waals surface area contributed by atoms with E-state index in [1.54, 1.807) is 6.92 Å². The van der Waals surface area contributed by atoms with Crippen LogP contribution >= 0.6 is 0 Å². The summed E-state index contributed by atoms with van der Waals surface area (Å²) in [5.41, 5.74) is -0.219. The van der Waals surface area contributed by atoms with Crippen LogP contribution in [0.4, 0.5) is 0 Å². The molecule has 2 rings (SSSR count). The third kappa shape index (κ3) is 3.04. The lowest BCUT2D eigenvalue weighted by Crippen LogP contribution is -2.33. The Labute approximate surface area is 92.6 Å². The maximum atomic E-state index is 11.1. The minimum Gasteiger partial charge on any atom is -0.475 e. The molecular weight excluding hydrogens is 212 g/mol. The Hall–Kier alpha value is -1.40. The average Bonchev–Trinajstić information content (AvgIpc) is 2.27. The monoisotopic (exact) mass is 226 g/mol. The third-order valence-electron chi connectivity index (χ3n) is 2.14.